The Morgan fingerprint density at radius 2 is 2.17 bits per heavy atom. The summed E-state index contributed by atoms with van der Waals surface area (Å²) in [5.74, 6) is 0.797. The third kappa shape index (κ3) is 3.79. The monoisotopic (exact) mass is 247 g/mol. The number of pyridine rings is 1. The zero-order chi connectivity index (χ0) is 12.8. The van der Waals surface area contributed by atoms with E-state index in [0.717, 1.165) is 25.6 Å². The molecule has 1 aliphatic heterocycles. The van der Waals surface area contributed by atoms with Crippen molar-refractivity contribution in [3.8, 4) is 0 Å². The molecular formula is C15H25N3. The Hall–Kier alpha value is -0.930. The Labute approximate surface area is 111 Å². The van der Waals surface area contributed by atoms with E-state index in [0.29, 0.717) is 6.04 Å². The van der Waals surface area contributed by atoms with Gasteiger partial charge in [0, 0.05) is 31.5 Å². The first-order valence-electron chi connectivity index (χ1n) is 7.14. The minimum absolute atomic E-state index is 0.653. The lowest BCUT2D eigenvalue weighted by atomic mass is 9.92. The van der Waals surface area contributed by atoms with Crippen LogP contribution in [-0.2, 0) is 6.54 Å². The fraction of sp³-hybridized carbons (Fsp3) is 0.667. The molecule has 2 atom stereocenters. The van der Waals surface area contributed by atoms with Crippen LogP contribution in [0.25, 0.3) is 0 Å². The van der Waals surface area contributed by atoms with Gasteiger partial charge in [0.25, 0.3) is 0 Å². The molecule has 0 aromatic carbocycles. The van der Waals surface area contributed by atoms with Gasteiger partial charge in [0.15, 0.2) is 0 Å². The highest BCUT2D eigenvalue weighted by Crippen LogP contribution is 2.17. The lowest BCUT2D eigenvalue weighted by Gasteiger charge is -2.34. The van der Waals surface area contributed by atoms with Crippen molar-refractivity contribution < 1.29 is 0 Å². The fourth-order valence-electron chi connectivity index (χ4n) is 2.69. The highest BCUT2D eigenvalue weighted by atomic mass is 15.1. The van der Waals surface area contributed by atoms with Gasteiger partial charge in [0.05, 0.1) is 0 Å². The van der Waals surface area contributed by atoms with Crippen LogP contribution in [0.4, 0.5) is 0 Å². The van der Waals surface area contributed by atoms with Crippen molar-refractivity contribution in [3.05, 3.63) is 30.1 Å². The molecular weight excluding hydrogens is 222 g/mol. The van der Waals surface area contributed by atoms with E-state index in [1.54, 1.807) is 0 Å². The summed E-state index contributed by atoms with van der Waals surface area (Å²) in [5.41, 5.74) is 1.36. The molecule has 1 fully saturated rings. The predicted octanol–water partition coefficient (Wildman–Crippen LogP) is 2.29. The molecule has 0 radical (unpaired) electrons. The third-order valence-corrected chi connectivity index (χ3v) is 3.99. The Morgan fingerprint density at radius 1 is 1.39 bits per heavy atom. The molecule has 1 saturated heterocycles. The normalized spacial score (nSPS) is 24.4. The molecule has 0 bridgehead atoms. The number of hydrogen-bond acceptors (Lipinski definition) is 3. The standard InChI is InChI=1S/C15H25N3/c1-3-18(11-14-6-9-16-10-7-14)12-15-13(2)5-4-8-17-15/h6-7,9-10,13,15,17H,3-5,8,11-12H2,1-2H3. The van der Waals surface area contributed by atoms with Crippen LogP contribution >= 0.6 is 0 Å². The summed E-state index contributed by atoms with van der Waals surface area (Å²) in [6.07, 6.45) is 6.45. The van der Waals surface area contributed by atoms with Crippen LogP contribution in [0.15, 0.2) is 24.5 Å². The summed E-state index contributed by atoms with van der Waals surface area (Å²) >= 11 is 0. The predicted molar refractivity (Wildman–Crippen MR) is 75.4 cm³/mol. The van der Waals surface area contributed by atoms with Crippen molar-refractivity contribution in [2.45, 2.75) is 39.3 Å². The zero-order valence-corrected chi connectivity index (χ0v) is 11.6. The largest absolute Gasteiger partial charge is 0.312 e. The maximum Gasteiger partial charge on any atom is 0.0271 e. The van der Waals surface area contributed by atoms with Gasteiger partial charge < -0.3 is 5.32 Å². The van der Waals surface area contributed by atoms with Crippen LogP contribution < -0.4 is 5.32 Å². The zero-order valence-electron chi connectivity index (χ0n) is 11.6. The molecule has 0 aliphatic carbocycles. The van der Waals surface area contributed by atoms with Crippen molar-refractivity contribution in [1.82, 2.24) is 15.2 Å². The molecule has 2 heterocycles. The second-order valence-corrected chi connectivity index (χ2v) is 5.36. The number of nitrogens with one attached hydrogen (secondary N) is 1. The molecule has 1 aliphatic rings. The molecule has 0 spiro atoms. The summed E-state index contributed by atoms with van der Waals surface area (Å²) < 4.78 is 0. The number of piperidine rings is 1. The number of rotatable bonds is 5. The Kier molecular flexibility index (Phi) is 5.14. The van der Waals surface area contributed by atoms with Gasteiger partial charge in [-0.15, -0.1) is 0 Å². The molecule has 1 aromatic rings. The number of nitrogens with zero attached hydrogens (tertiary/aromatic N) is 2. The average Bonchev–Trinajstić information content (AvgIpc) is 2.41. The second-order valence-electron chi connectivity index (χ2n) is 5.36. The van der Waals surface area contributed by atoms with E-state index in [-0.39, 0.29) is 0 Å². The number of likely N-dealkylation sites (N-methyl/N-ethyl adjacent to an activating group) is 1. The van der Waals surface area contributed by atoms with Crippen molar-refractivity contribution >= 4 is 0 Å². The highest BCUT2D eigenvalue weighted by molar-refractivity contribution is 5.09. The maximum atomic E-state index is 4.08. The molecule has 3 heteroatoms. The molecule has 1 N–H and O–H groups in total. The van der Waals surface area contributed by atoms with E-state index in [1.807, 2.05) is 12.4 Å². The summed E-state index contributed by atoms with van der Waals surface area (Å²) in [6.45, 7) is 9.09. The Bertz CT molecular complexity index is 339. The SMILES string of the molecule is CCN(Cc1ccncc1)CC1NCCCC1C. The molecule has 3 nitrogen and oxygen atoms in total. The molecule has 1 aromatic heterocycles. The smallest absolute Gasteiger partial charge is 0.0271 e. The van der Waals surface area contributed by atoms with Crippen LogP contribution in [0.1, 0.15) is 32.3 Å². The van der Waals surface area contributed by atoms with Gasteiger partial charge in [-0.3, -0.25) is 9.88 Å². The number of hydrogen-bond donors (Lipinski definition) is 1. The van der Waals surface area contributed by atoms with Gasteiger partial charge in [-0.05, 0) is 49.5 Å². The van der Waals surface area contributed by atoms with Crippen LogP contribution in [0.2, 0.25) is 0 Å². The Morgan fingerprint density at radius 3 is 2.83 bits per heavy atom. The second kappa shape index (κ2) is 6.86. The molecule has 18 heavy (non-hydrogen) atoms. The van der Waals surface area contributed by atoms with Crippen LogP contribution in [0.3, 0.4) is 0 Å². The maximum absolute atomic E-state index is 4.08. The van der Waals surface area contributed by atoms with Gasteiger partial charge in [-0.2, -0.15) is 0 Å². The summed E-state index contributed by atoms with van der Waals surface area (Å²) in [5, 5.41) is 3.67. The topological polar surface area (TPSA) is 28.2 Å². The van der Waals surface area contributed by atoms with Crippen LogP contribution in [0, 0.1) is 5.92 Å². The van der Waals surface area contributed by atoms with E-state index in [4.69, 9.17) is 0 Å². The summed E-state index contributed by atoms with van der Waals surface area (Å²) in [4.78, 5) is 6.60. The van der Waals surface area contributed by atoms with Gasteiger partial charge in [0.1, 0.15) is 0 Å². The van der Waals surface area contributed by atoms with Gasteiger partial charge in [-0.25, -0.2) is 0 Å². The van der Waals surface area contributed by atoms with E-state index in [2.05, 4.69) is 41.2 Å². The third-order valence-electron chi connectivity index (χ3n) is 3.99. The molecule has 100 valence electrons. The summed E-state index contributed by atoms with van der Waals surface area (Å²) in [7, 11) is 0. The van der Waals surface area contributed by atoms with Gasteiger partial charge >= 0.3 is 0 Å². The minimum atomic E-state index is 0.653. The lowest BCUT2D eigenvalue weighted by Crippen LogP contribution is -2.47. The molecule has 2 rings (SSSR count). The summed E-state index contributed by atoms with van der Waals surface area (Å²) in [6, 6.07) is 4.88. The van der Waals surface area contributed by atoms with Gasteiger partial charge in [0.2, 0.25) is 0 Å². The van der Waals surface area contributed by atoms with Crippen LogP contribution in [0.5, 0.6) is 0 Å². The first-order valence-corrected chi connectivity index (χ1v) is 7.14. The van der Waals surface area contributed by atoms with E-state index < -0.39 is 0 Å². The minimum Gasteiger partial charge on any atom is -0.312 e. The lowest BCUT2D eigenvalue weighted by molar-refractivity contribution is 0.191. The van der Waals surface area contributed by atoms with Crippen molar-refractivity contribution in [1.29, 1.82) is 0 Å². The van der Waals surface area contributed by atoms with E-state index in [1.165, 1.54) is 24.9 Å². The molecule has 0 amide bonds. The Balaban J connectivity index is 1.88. The van der Waals surface area contributed by atoms with Crippen molar-refractivity contribution in [2.24, 2.45) is 5.92 Å². The van der Waals surface area contributed by atoms with Gasteiger partial charge in [-0.1, -0.05) is 13.8 Å². The quantitative estimate of drug-likeness (QED) is 0.865. The number of aromatic nitrogens is 1. The highest BCUT2D eigenvalue weighted by Gasteiger charge is 2.22. The van der Waals surface area contributed by atoms with Crippen LogP contribution in [-0.4, -0.2) is 35.6 Å². The average molecular weight is 247 g/mol. The first kappa shape index (κ1) is 13.5. The van der Waals surface area contributed by atoms with E-state index in [9.17, 15) is 0 Å². The molecule has 2 unspecified atom stereocenters. The fourth-order valence-corrected chi connectivity index (χ4v) is 2.69. The van der Waals surface area contributed by atoms with E-state index >= 15 is 0 Å². The molecule has 0 saturated carbocycles. The first-order chi connectivity index (χ1) is 8.79. The van der Waals surface area contributed by atoms with Crippen molar-refractivity contribution in [2.75, 3.05) is 19.6 Å². The van der Waals surface area contributed by atoms with Crippen molar-refractivity contribution in [3.63, 3.8) is 0 Å².